The number of nitro benzene ring substituents is 1. The third-order valence-electron chi connectivity index (χ3n) is 4.66. The Kier molecular flexibility index (Phi) is 7.01. The molecule has 1 aliphatic heterocycles. The zero-order valence-corrected chi connectivity index (χ0v) is 16.1. The molecule has 0 unspecified atom stereocenters. The molecule has 2 rings (SSSR count). The highest BCUT2D eigenvalue weighted by molar-refractivity contribution is 5.84. The Morgan fingerprint density at radius 1 is 1.28 bits per heavy atom. The number of piperazine rings is 1. The summed E-state index contributed by atoms with van der Waals surface area (Å²) in [5, 5.41) is 13.8. The van der Waals surface area contributed by atoms with E-state index in [1.165, 1.54) is 4.90 Å². The summed E-state index contributed by atoms with van der Waals surface area (Å²) in [7, 11) is 3.17. The highest BCUT2D eigenvalue weighted by Gasteiger charge is 2.34. The Morgan fingerprint density at radius 2 is 1.90 bits per heavy atom. The molecule has 29 heavy (non-hydrogen) atoms. The fraction of sp³-hybridized carbons (Fsp3) is 0.529. The molecule has 0 bridgehead atoms. The molecule has 160 valence electrons. The molecule has 0 spiro atoms. The Balaban J connectivity index is 1.96. The van der Waals surface area contributed by atoms with Crippen molar-refractivity contribution in [2.24, 2.45) is 0 Å². The molecule has 1 aromatic rings. The van der Waals surface area contributed by atoms with Crippen molar-refractivity contribution in [3.8, 4) is 0 Å². The van der Waals surface area contributed by atoms with Crippen molar-refractivity contribution >= 4 is 23.2 Å². The predicted octanol–water partition coefficient (Wildman–Crippen LogP) is -0.477. The van der Waals surface area contributed by atoms with Crippen LogP contribution in [0.15, 0.2) is 18.2 Å². The Morgan fingerprint density at radius 3 is 2.41 bits per heavy atom. The predicted molar refractivity (Wildman–Crippen MR) is 97.6 cm³/mol. The molecule has 1 heterocycles. The first-order chi connectivity index (χ1) is 13.5. The summed E-state index contributed by atoms with van der Waals surface area (Å²) in [5.41, 5.74) is -1.53. The van der Waals surface area contributed by atoms with Crippen LogP contribution in [0.25, 0.3) is 0 Å². The number of quaternary nitrogens is 1. The maximum Gasteiger partial charge on any atom is 0.416 e. The van der Waals surface area contributed by atoms with Crippen LogP contribution >= 0.6 is 0 Å². The van der Waals surface area contributed by atoms with Gasteiger partial charge >= 0.3 is 6.18 Å². The van der Waals surface area contributed by atoms with Crippen molar-refractivity contribution in [2.45, 2.75) is 6.18 Å². The number of nitro groups is 1. The van der Waals surface area contributed by atoms with Gasteiger partial charge in [0.1, 0.15) is 5.69 Å². The molecule has 2 N–H and O–H groups in total. The van der Waals surface area contributed by atoms with Gasteiger partial charge in [-0.2, -0.15) is 13.2 Å². The molecule has 12 heteroatoms. The number of carbonyl (C=O) groups excluding carboxylic acids is 2. The number of nitrogens with zero attached hydrogens (tertiary/aromatic N) is 3. The number of carbonyl (C=O) groups is 2. The van der Waals surface area contributed by atoms with Crippen LogP contribution < -0.4 is 15.1 Å². The zero-order valence-electron chi connectivity index (χ0n) is 16.1. The van der Waals surface area contributed by atoms with Gasteiger partial charge in [0.15, 0.2) is 6.54 Å². The molecular weight excluding hydrogens is 395 g/mol. The van der Waals surface area contributed by atoms with E-state index in [9.17, 15) is 32.9 Å². The summed E-state index contributed by atoms with van der Waals surface area (Å²) in [4.78, 5) is 37.8. The average Bonchev–Trinajstić information content (AvgIpc) is 2.65. The van der Waals surface area contributed by atoms with E-state index in [4.69, 9.17) is 0 Å². The molecule has 0 atom stereocenters. The maximum atomic E-state index is 12.8. The number of likely N-dealkylation sites (N-methyl/N-ethyl adjacent to an activating group) is 1. The van der Waals surface area contributed by atoms with Gasteiger partial charge in [-0.3, -0.25) is 19.7 Å². The second-order valence-electron chi connectivity index (χ2n) is 6.94. The normalized spacial score (nSPS) is 15.1. The number of anilines is 1. The number of benzene rings is 1. The smallest absolute Gasteiger partial charge is 0.355 e. The molecular formula is C17H23F3N5O4+. The Bertz CT molecular complexity index is 777. The zero-order chi connectivity index (χ0) is 21.8. The second-order valence-corrected chi connectivity index (χ2v) is 6.94. The van der Waals surface area contributed by atoms with E-state index in [1.807, 2.05) is 0 Å². The quantitative estimate of drug-likeness (QED) is 0.480. The van der Waals surface area contributed by atoms with Crippen LogP contribution in [-0.2, 0) is 15.8 Å². The minimum atomic E-state index is -4.66. The number of alkyl halides is 3. The molecule has 0 radical (unpaired) electrons. The van der Waals surface area contributed by atoms with Crippen molar-refractivity contribution in [2.75, 3.05) is 58.3 Å². The van der Waals surface area contributed by atoms with Crippen LogP contribution in [0.3, 0.4) is 0 Å². The summed E-state index contributed by atoms with van der Waals surface area (Å²) in [6.07, 6.45) is -4.66. The van der Waals surface area contributed by atoms with Gasteiger partial charge in [-0.1, -0.05) is 0 Å². The monoisotopic (exact) mass is 418 g/mol. The van der Waals surface area contributed by atoms with Crippen molar-refractivity contribution in [1.82, 2.24) is 10.2 Å². The van der Waals surface area contributed by atoms with E-state index in [2.05, 4.69) is 5.32 Å². The summed E-state index contributed by atoms with van der Waals surface area (Å²) < 4.78 is 38.5. The van der Waals surface area contributed by atoms with Gasteiger partial charge in [0.05, 0.1) is 43.2 Å². The van der Waals surface area contributed by atoms with Gasteiger partial charge in [-0.15, -0.1) is 0 Å². The second kappa shape index (κ2) is 9.07. The van der Waals surface area contributed by atoms with E-state index in [1.54, 1.807) is 19.0 Å². The summed E-state index contributed by atoms with van der Waals surface area (Å²) in [6.45, 7) is 1.71. The minimum absolute atomic E-state index is 0.0943. The van der Waals surface area contributed by atoms with Crippen molar-refractivity contribution in [3.05, 3.63) is 33.9 Å². The topological polar surface area (TPSA) is 100 Å². The van der Waals surface area contributed by atoms with Gasteiger partial charge in [-0.05, 0) is 12.1 Å². The van der Waals surface area contributed by atoms with Crippen LogP contribution in [-0.4, -0.2) is 75.0 Å². The number of hydrogen-bond acceptors (Lipinski definition) is 5. The van der Waals surface area contributed by atoms with Gasteiger partial charge < -0.3 is 20.0 Å². The third-order valence-corrected chi connectivity index (χ3v) is 4.66. The molecule has 9 nitrogen and oxygen atoms in total. The van der Waals surface area contributed by atoms with Crippen LogP contribution in [0.1, 0.15) is 5.56 Å². The lowest BCUT2D eigenvalue weighted by molar-refractivity contribution is -0.892. The maximum absolute atomic E-state index is 12.8. The fourth-order valence-corrected chi connectivity index (χ4v) is 2.98. The highest BCUT2D eigenvalue weighted by Crippen LogP contribution is 2.36. The van der Waals surface area contributed by atoms with Crippen molar-refractivity contribution in [1.29, 1.82) is 0 Å². The molecule has 0 aromatic heterocycles. The van der Waals surface area contributed by atoms with Crippen LogP contribution in [0, 0.1) is 10.1 Å². The Hall–Kier alpha value is -2.89. The van der Waals surface area contributed by atoms with E-state index in [0.29, 0.717) is 32.2 Å². The van der Waals surface area contributed by atoms with Crippen LogP contribution in [0.4, 0.5) is 24.5 Å². The largest absolute Gasteiger partial charge is 0.416 e. The van der Waals surface area contributed by atoms with E-state index in [0.717, 1.165) is 17.0 Å². The summed E-state index contributed by atoms with van der Waals surface area (Å²) >= 11 is 0. The van der Waals surface area contributed by atoms with E-state index >= 15 is 0 Å². The summed E-state index contributed by atoms with van der Waals surface area (Å²) in [5.74, 6) is -0.517. The van der Waals surface area contributed by atoms with Gasteiger partial charge in [0.2, 0.25) is 5.91 Å². The molecule has 1 fully saturated rings. The highest BCUT2D eigenvalue weighted by atomic mass is 19.4. The van der Waals surface area contributed by atoms with Crippen LogP contribution in [0.2, 0.25) is 0 Å². The first-order valence-electron chi connectivity index (χ1n) is 8.90. The first kappa shape index (κ1) is 22.4. The lowest BCUT2D eigenvalue weighted by atomic mass is 10.1. The molecule has 0 aliphatic carbocycles. The van der Waals surface area contributed by atoms with Crippen molar-refractivity contribution < 1.29 is 32.6 Å². The molecule has 1 aromatic carbocycles. The van der Waals surface area contributed by atoms with Crippen LogP contribution in [0.5, 0.6) is 0 Å². The van der Waals surface area contributed by atoms with Gasteiger partial charge in [0, 0.05) is 20.2 Å². The fourth-order valence-electron chi connectivity index (χ4n) is 2.98. The average molecular weight is 418 g/mol. The minimum Gasteiger partial charge on any atom is -0.355 e. The number of nitrogens with one attached hydrogen (secondary N) is 2. The number of hydrogen-bond donors (Lipinski definition) is 2. The van der Waals surface area contributed by atoms with Gasteiger partial charge in [0.25, 0.3) is 11.6 Å². The SMILES string of the molecule is CN(C)C(=O)CNC(=O)C[NH+]1CCN(c2ccc(C(F)(F)F)cc2[N+](=O)[O-])CC1. The standard InChI is InChI=1S/C17H22F3N5O4/c1-22(2)16(27)10-21-15(26)11-23-5-7-24(8-6-23)13-4-3-12(17(18,19)20)9-14(13)25(28)29/h3-4,9H,5-8,10-11H2,1-2H3,(H,21,26)/p+1. The summed E-state index contributed by atoms with van der Waals surface area (Å²) in [6, 6.07) is 2.49. The lowest BCUT2D eigenvalue weighted by Gasteiger charge is -2.33. The molecule has 2 amide bonds. The number of halogens is 3. The van der Waals surface area contributed by atoms with Gasteiger partial charge in [-0.25, -0.2) is 0 Å². The number of amides is 2. The third kappa shape index (κ3) is 6.04. The molecule has 0 saturated carbocycles. The Labute approximate surface area is 165 Å². The number of rotatable bonds is 6. The van der Waals surface area contributed by atoms with E-state index < -0.39 is 22.4 Å². The molecule has 1 aliphatic rings. The lowest BCUT2D eigenvalue weighted by Crippen LogP contribution is -3.16. The first-order valence-corrected chi connectivity index (χ1v) is 8.90. The van der Waals surface area contributed by atoms with Crippen molar-refractivity contribution in [3.63, 3.8) is 0 Å². The van der Waals surface area contributed by atoms with E-state index in [-0.39, 0.29) is 30.6 Å². The molecule has 1 saturated heterocycles.